The normalized spacial score (nSPS) is 15.0. The van der Waals surface area contributed by atoms with E-state index in [1.807, 2.05) is 47.8 Å². The number of nitrogens with zero attached hydrogens (tertiary/aromatic N) is 2. The molecule has 1 fully saturated rings. The van der Waals surface area contributed by atoms with Crippen LogP contribution in [0.15, 0.2) is 72.4 Å². The smallest absolute Gasteiger partial charge is 0.247 e. The summed E-state index contributed by atoms with van der Waals surface area (Å²) in [5.41, 5.74) is 1.94. The van der Waals surface area contributed by atoms with Gasteiger partial charge in [0.2, 0.25) is 11.8 Å². The first-order valence-electron chi connectivity index (χ1n) is 11.8. The Bertz CT molecular complexity index is 1000. The fourth-order valence-electron chi connectivity index (χ4n) is 4.50. The van der Waals surface area contributed by atoms with Crippen molar-refractivity contribution in [2.75, 3.05) is 6.54 Å². The van der Waals surface area contributed by atoms with Gasteiger partial charge in [-0.05, 0) is 54.0 Å². The molecule has 4 rings (SSSR count). The summed E-state index contributed by atoms with van der Waals surface area (Å²) in [5.74, 6) is -0.130. The van der Waals surface area contributed by atoms with E-state index in [1.165, 1.54) is 6.42 Å². The highest BCUT2D eigenvalue weighted by Crippen LogP contribution is 2.25. The van der Waals surface area contributed by atoms with Crippen molar-refractivity contribution < 1.29 is 9.59 Å². The topological polar surface area (TPSA) is 62.3 Å². The lowest BCUT2D eigenvalue weighted by Gasteiger charge is -2.33. The summed E-state index contributed by atoms with van der Waals surface area (Å²) in [6.07, 6.45) is 9.87. The molecule has 1 saturated carbocycles. The van der Waals surface area contributed by atoms with Gasteiger partial charge in [-0.1, -0.05) is 55.7 Å². The lowest BCUT2D eigenvalue weighted by molar-refractivity contribution is -0.140. The molecule has 0 radical (unpaired) electrons. The number of hydrogen-bond acceptors (Lipinski definition) is 4. The van der Waals surface area contributed by atoms with Gasteiger partial charge >= 0.3 is 0 Å². The van der Waals surface area contributed by atoms with Gasteiger partial charge in [-0.3, -0.25) is 14.6 Å². The zero-order valence-corrected chi connectivity index (χ0v) is 19.7. The van der Waals surface area contributed by atoms with Gasteiger partial charge in [-0.25, -0.2) is 0 Å². The van der Waals surface area contributed by atoms with Gasteiger partial charge in [0.15, 0.2) is 0 Å². The molecule has 2 heterocycles. The highest BCUT2D eigenvalue weighted by atomic mass is 32.1. The molecule has 0 spiro atoms. The molecule has 0 aliphatic heterocycles. The average molecular weight is 462 g/mol. The van der Waals surface area contributed by atoms with Crippen molar-refractivity contribution in [3.8, 4) is 0 Å². The largest absolute Gasteiger partial charge is 0.351 e. The van der Waals surface area contributed by atoms with Gasteiger partial charge in [0, 0.05) is 29.9 Å². The number of aromatic nitrogens is 1. The molecule has 33 heavy (non-hydrogen) atoms. The zero-order valence-electron chi connectivity index (χ0n) is 18.9. The van der Waals surface area contributed by atoms with Crippen LogP contribution in [0.2, 0.25) is 0 Å². The molecular formula is C27H31N3O2S. The summed E-state index contributed by atoms with van der Waals surface area (Å²) in [6.45, 7) is 0.472. The molecule has 1 aliphatic rings. The van der Waals surface area contributed by atoms with Crippen LogP contribution >= 0.6 is 11.3 Å². The monoisotopic (exact) mass is 461 g/mol. The Labute approximate surface area is 199 Å². The third kappa shape index (κ3) is 6.51. The number of thiophene rings is 1. The Morgan fingerprint density at radius 1 is 1.00 bits per heavy atom. The van der Waals surface area contributed by atoms with Crippen LogP contribution in [0.25, 0.3) is 0 Å². The maximum Gasteiger partial charge on any atom is 0.247 e. The van der Waals surface area contributed by atoms with Crippen molar-refractivity contribution in [3.05, 3.63) is 88.4 Å². The average Bonchev–Trinajstić information content (AvgIpc) is 3.36. The first-order chi connectivity index (χ1) is 16.2. The van der Waals surface area contributed by atoms with Crippen LogP contribution < -0.4 is 5.32 Å². The third-order valence-corrected chi connectivity index (χ3v) is 7.12. The van der Waals surface area contributed by atoms with Crippen molar-refractivity contribution in [1.29, 1.82) is 0 Å². The van der Waals surface area contributed by atoms with Crippen LogP contribution in [-0.4, -0.2) is 34.3 Å². The fraction of sp³-hybridized carbons (Fsp3) is 0.370. The van der Waals surface area contributed by atoms with Gasteiger partial charge in [0.25, 0.3) is 0 Å². The molecule has 172 valence electrons. The van der Waals surface area contributed by atoms with Crippen LogP contribution in [0.1, 0.15) is 54.1 Å². The summed E-state index contributed by atoms with van der Waals surface area (Å²) >= 11 is 1.57. The molecular weight excluding hydrogens is 430 g/mol. The summed E-state index contributed by atoms with van der Waals surface area (Å²) < 4.78 is 0. The van der Waals surface area contributed by atoms with E-state index < -0.39 is 6.04 Å². The molecule has 1 aliphatic carbocycles. The van der Waals surface area contributed by atoms with Crippen LogP contribution in [0.5, 0.6) is 0 Å². The number of benzene rings is 1. The lowest BCUT2D eigenvalue weighted by Crippen LogP contribution is -2.48. The van der Waals surface area contributed by atoms with E-state index >= 15 is 0 Å². The van der Waals surface area contributed by atoms with E-state index in [1.54, 1.807) is 28.6 Å². The number of nitrogens with one attached hydrogen (secondary N) is 1. The molecule has 1 N–H and O–H groups in total. The molecule has 5 nitrogen and oxygen atoms in total. The predicted molar refractivity (Wildman–Crippen MR) is 132 cm³/mol. The molecule has 2 aromatic heterocycles. The summed E-state index contributed by atoms with van der Waals surface area (Å²) in [7, 11) is 0. The molecule has 0 bridgehead atoms. The highest BCUT2D eigenvalue weighted by Gasteiger charge is 2.32. The van der Waals surface area contributed by atoms with Crippen LogP contribution in [0, 0.1) is 0 Å². The van der Waals surface area contributed by atoms with Gasteiger partial charge < -0.3 is 10.2 Å². The zero-order chi connectivity index (χ0) is 22.9. The Morgan fingerprint density at radius 3 is 2.45 bits per heavy atom. The maximum atomic E-state index is 13.6. The molecule has 3 aromatic rings. The summed E-state index contributed by atoms with van der Waals surface area (Å²) in [4.78, 5) is 34.1. The van der Waals surface area contributed by atoms with Crippen LogP contribution in [0.4, 0.5) is 0 Å². The minimum atomic E-state index is -0.675. The fourth-order valence-corrected chi connectivity index (χ4v) is 5.20. The number of carbonyl (C=O) groups excluding carboxylic acids is 2. The highest BCUT2D eigenvalue weighted by molar-refractivity contribution is 7.10. The quantitative estimate of drug-likeness (QED) is 0.491. The van der Waals surface area contributed by atoms with Crippen molar-refractivity contribution in [1.82, 2.24) is 15.2 Å². The lowest BCUT2D eigenvalue weighted by atomic mass is 9.94. The molecule has 6 heteroatoms. The second kappa shape index (κ2) is 11.8. The first kappa shape index (κ1) is 23.2. The molecule has 1 atom stereocenters. The Kier molecular flexibility index (Phi) is 8.25. The van der Waals surface area contributed by atoms with Crippen molar-refractivity contribution in [3.63, 3.8) is 0 Å². The van der Waals surface area contributed by atoms with E-state index in [2.05, 4.69) is 22.4 Å². The van der Waals surface area contributed by atoms with Gasteiger partial charge in [-0.2, -0.15) is 0 Å². The number of amides is 2. The minimum Gasteiger partial charge on any atom is -0.351 e. The number of carbonyl (C=O) groups is 2. The van der Waals surface area contributed by atoms with Crippen molar-refractivity contribution >= 4 is 23.2 Å². The number of rotatable bonds is 9. The van der Waals surface area contributed by atoms with E-state index in [0.717, 1.165) is 41.7 Å². The Hall–Kier alpha value is -2.99. The van der Waals surface area contributed by atoms with Crippen molar-refractivity contribution in [2.45, 2.75) is 57.0 Å². The molecule has 0 unspecified atom stereocenters. The second-order valence-electron chi connectivity index (χ2n) is 8.61. The summed E-state index contributed by atoms with van der Waals surface area (Å²) in [5, 5.41) is 5.24. The van der Waals surface area contributed by atoms with Gasteiger partial charge in [0.05, 0.1) is 6.42 Å². The van der Waals surface area contributed by atoms with Crippen molar-refractivity contribution in [2.24, 2.45) is 0 Å². The SMILES string of the molecule is O=C(NC1CCCCC1)[C@H](c1ccncc1)N(CCc1ccccc1)C(=O)Cc1cccs1. The van der Waals surface area contributed by atoms with Crippen LogP contribution in [-0.2, 0) is 22.4 Å². The standard InChI is InChI=1S/C27H31N3O2S/c31-25(20-24-12-7-19-33-24)30(18-15-21-8-3-1-4-9-21)26(22-13-16-28-17-14-22)27(32)29-23-10-5-2-6-11-23/h1,3-4,7-9,12-14,16-17,19,23,26H,2,5-6,10-11,15,18,20H2,(H,29,32)/t26-/m0/s1. The minimum absolute atomic E-state index is 0.0333. The van der Waals surface area contributed by atoms with Gasteiger partial charge in [0.1, 0.15) is 6.04 Å². The van der Waals surface area contributed by atoms with Crippen LogP contribution in [0.3, 0.4) is 0 Å². The summed E-state index contributed by atoms with van der Waals surface area (Å²) in [6, 6.07) is 17.2. The first-order valence-corrected chi connectivity index (χ1v) is 12.6. The van der Waals surface area contributed by atoms with E-state index in [0.29, 0.717) is 19.4 Å². The second-order valence-corrected chi connectivity index (χ2v) is 9.64. The van der Waals surface area contributed by atoms with E-state index in [9.17, 15) is 9.59 Å². The maximum absolute atomic E-state index is 13.6. The number of hydrogen-bond donors (Lipinski definition) is 1. The third-order valence-electron chi connectivity index (χ3n) is 6.24. The molecule has 2 amide bonds. The Balaban J connectivity index is 1.61. The molecule has 1 aromatic carbocycles. The predicted octanol–water partition coefficient (Wildman–Crippen LogP) is 4.95. The van der Waals surface area contributed by atoms with Gasteiger partial charge in [-0.15, -0.1) is 11.3 Å². The molecule has 0 saturated heterocycles. The van der Waals surface area contributed by atoms with E-state index in [4.69, 9.17) is 0 Å². The van der Waals surface area contributed by atoms with E-state index in [-0.39, 0.29) is 17.9 Å². The Morgan fingerprint density at radius 2 is 1.76 bits per heavy atom. The number of pyridine rings is 1.